The minimum absolute atomic E-state index is 0.0113. The van der Waals surface area contributed by atoms with Gasteiger partial charge < -0.3 is 5.73 Å². The molecule has 0 saturated heterocycles. The van der Waals surface area contributed by atoms with Crippen molar-refractivity contribution in [2.75, 3.05) is 0 Å². The fourth-order valence-corrected chi connectivity index (χ4v) is 1.07. The molecule has 0 aliphatic heterocycles. The van der Waals surface area contributed by atoms with E-state index in [1.54, 1.807) is 12.1 Å². The average molecular weight is 161 g/mol. The molecule has 0 bridgehead atoms. The molecule has 0 radical (unpaired) electrons. The molecule has 2 heteroatoms. The number of hydrogen-bond acceptors (Lipinski definition) is 2. The summed E-state index contributed by atoms with van der Waals surface area (Å²) in [5.74, 6) is 0.0113. The van der Waals surface area contributed by atoms with Crippen molar-refractivity contribution >= 4 is 11.5 Å². The number of carbonyl (C=O) groups is 1. The van der Waals surface area contributed by atoms with E-state index in [1.807, 2.05) is 12.1 Å². The van der Waals surface area contributed by atoms with E-state index in [4.69, 9.17) is 5.73 Å². The molecule has 0 aliphatic carbocycles. The first kappa shape index (κ1) is 8.53. The Bertz CT molecular complexity index is 295. The van der Waals surface area contributed by atoms with Gasteiger partial charge in [0.25, 0.3) is 0 Å². The lowest BCUT2D eigenvalue weighted by Crippen LogP contribution is -2.02. The van der Waals surface area contributed by atoms with Crippen molar-refractivity contribution in [3.63, 3.8) is 0 Å². The average Bonchev–Trinajstić information content (AvgIpc) is 2.04. The van der Waals surface area contributed by atoms with Crippen LogP contribution in [0, 0.1) is 0 Å². The van der Waals surface area contributed by atoms with Crippen LogP contribution in [-0.2, 0) is 0 Å². The Kier molecular flexibility index (Phi) is 2.29. The van der Waals surface area contributed by atoms with Gasteiger partial charge in [-0.15, -0.1) is 0 Å². The third kappa shape index (κ3) is 1.53. The molecule has 0 spiro atoms. The SMILES string of the molecule is C=C(N)c1ccccc1C(C)=O. The van der Waals surface area contributed by atoms with Gasteiger partial charge in [-0.25, -0.2) is 0 Å². The Labute approximate surface area is 71.7 Å². The first-order valence-corrected chi connectivity index (χ1v) is 3.67. The molecule has 0 heterocycles. The van der Waals surface area contributed by atoms with E-state index in [0.717, 1.165) is 5.56 Å². The van der Waals surface area contributed by atoms with Gasteiger partial charge in [-0.2, -0.15) is 0 Å². The van der Waals surface area contributed by atoms with E-state index in [9.17, 15) is 4.79 Å². The van der Waals surface area contributed by atoms with Crippen molar-refractivity contribution in [2.45, 2.75) is 6.92 Å². The predicted octanol–water partition coefficient (Wildman–Crippen LogP) is 1.82. The summed E-state index contributed by atoms with van der Waals surface area (Å²) >= 11 is 0. The molecule has 1 rings (SSSR count). The molecule has 2 N–H and O–H groups in total. The number of carbonyl (C=O) groups excluding carboxylic acids is 1. The number of ketones is 1. The zero-order chi connectivity index (χ0) is 9.14. The number of rotatable bonds is 2. The maximum absolute atomic E-state index is 11.1. The molecule has 0 amide bonds. The second-order valence-corrected chi connectivity index (χ2v) is 2.63. The topological polar surface area (TPSA) is 43.1 Å². The van der Waals surface area contributed by atoms with Crippen molar-refractivity contribution in [1.82, 2.24) is 0 Å². The van der Waals surface area contributed by atoms with Crippen LogP contribution in [0.15, 0.2) is 30.8 Å². The van der Waals surface area contributed by atoms with Crippen molar-refractivity contribution < 1.29 is 4.79 Å². The van der Waals surface area contributed by atoms with Crippen LogP contribution in [0.25, 0.3) is 5.70 Å². The van der Waals surface area contributed by atoms with Crippen LogP contribution >= 0.6 is 0 Å². The maximum atomic E-state index is 11.1. The van der Waals surface area contributed by atoms with E-state index in [1.165, 1.54) is 6.92 Å². The summed E-state index contributed by atoms with van der Waals surface area (Å²) in [7, 11) is 0. The maximum Gasteiger partial charge on any atom is 0.160 e. The number of benzene rings is 1. The van der Waals surface area contributed by atoms with Crippen LogP contribution in [0.1, 0.15) is 22.8 Å². The molecule has 0 aliphatic rings. The molecule has 12 heavy (non-hydrogen) atoms. The standard InChI is InChI=1S/C10H11NO/c1-7(11)9-5-3-4-6-10(9)8(2)12/h3-6H,1,11H2,2H3. The van der Waals surface area contributed by atoms with E-state index >= 15 is 0 Å². The number of nitrogens with two attached hydrogens (primary N) is 1. The zero-order valence-corrected chi connectivity index (χ0v) is 7.00. The minimum atomic E-state index is 0.0113. The fraction of sp³-hybridized carbons (Fsp3) is 0.100. The third-order valence-corrected chi connectivity index (χ3v) is 1.65. The van der Waals surface area contributed by atoms with Crippen LogP contribution in [0.3, 0.4) is 0 Å². The summed E-state index contributed by atoms with van der Waals surface area (Å²) in [4.78, 5) is 11.1. The molecule has 0 saturated carbocycles. The Morgan fingerprint density at radius 1 is 1.33 bits per heavy atom. The molecule has 62 valence electrons. The highest BCUT2D eigenvalue weighted by molar-refractivity contribution is 5.98. The molecule has 0 atom stereocenters. The summed E-state index contributed by atoms with van der Waals surface area (Å²) < 4.78 is 0. The van der Waals surface area contributed by atoms with E-state index in [0.29, 0.717) is 11.3 Å². The second kappa shape index (κ2) is 3.22. The summed E-state index contributed by atoms with van der Waals surface area (Å²) in [6.45, 7) is 5.11. The molecular weight excluding hydrogens is 150 g/mol. The molecule has 1 aromatic rings. The van der Waals surface area contributed by atoms with Gasteiger partial charge in [0.15, 0.2) is 5.78 Å². The second-order valence-electron chi connectivity index (χ2n) is 2.63. The molecule has 1 aromatic carbocycles. The lowest BCUT2D eigenvalue weighted by atomic mass is 10.0. The highest BCUT2D eigenvalue weighted by Gasteiger charge is 2.05. The number of Topliss-reactive ketones (excluding diaryl/α,β-unsaturated/α-hetero) is 1. The van der Waals surface area contributed by atoms with Gasteiger partial charge in [0.05, 0.1) is 0 Å². The molecule has 0 aromatic heterocycles. The largest absolute Gasteiger partial charge is 0.399 e. The first-order valence-electron chi connectivity index (χ1n) is 3.67. The summed E-state index contributed by atoms with van der Waals surface area (Å²) in [5.41, 5.74) is 7.29. The van der Waals surface area contributed by atoms with E-state index < -0.39 is 0 Å². The van der Waals surface area contributed by atoms with Gasteiger partial charge in [0.1, 0.15) is 0 Å². The van der Waals surface area contributed by atoms with Crippen molar-refractivity contribution in [2.24, 2.45) is 5.73 Å². The van der Waals surface area contributed by atoms with Gasteiger partial charge >= 0.3 is 0 Å². The van der Waals surface area contributed by atoms with Crippen LogP contribution in [0.5, 0.6) is 0 Å². The highest BCUT2D eigenvalue weighted by Crippen LogP contribution is 2.13. The Hall–Kier alpha value is -1.57. The summed E-state index contributed by atoms with van der Waals surface area (Å²) in [6, 6.07) is 7.18. The zero-order valence-electron chi connectivity index (χ0n) is 7.00. The summed E-state index contributed by atoms with van der Waals surface area (Å²) in [6.07, 6.45) is 0. The smallest absolute Gasteiger partial charge is 0.160 e. The van der Waals surface area contributed by atoms with Crippen LogP contribution in [0.2, 0.25) is 0 Å². The van der Waals surface area contributed by atoms with Crippen LogP contribution in [-0.4, -0.2) is 5.78 Å². The highest BCUT2D eigenvalue weighted by atomic mass is 16.1. The fourth-order valence-electron chi connectivity index (χ4n) is 1.07. The van der Waals surface area contributed by atoms with Crippen LogP contribution in [0.4, 0.5) is 0 Å². The Morgan fingerprint density at radius 3 is 2.17 bits per heavy atom. The lowest BCUT2D eigenvalue weighted by molar-refractivity contribution is 0.101. The normalized spacial score (nSPS) is 9.42. The van der Waals surface area contributed by atoms with Gasteiger partial charge in [-0.05, 0) is 6.92 Å². The molecule has 0 fully saturated rings. The molecule has 2 nitrogen and oxygen atoms in total. The molecule has 0 unspecified atom stereocenters. The number of hydrogen-bond donors (Lipinski definition) is 1. The van der Waals surface area contributed by atoms with Gasteiger partial charge in [-0.3, -0.25) is 4.79 Å². The monoisotopic (exact) mass is 161 g/mol. The van der Waals surface area contributed by atoms with Gasteiger partial charge in [-0.1, -0.05) is 30.8 Å². The minimum Gasteiger partial charge on any atom is -0.399 e. The van der Waals surface area contributed by atoms with Crippen molar-refractivity contribution in [3.05, 3.63) is 42.0 Å². The van der Waals surface area contributed by atoms with E-state index in [-0.39, 0.29) is 5.78 Å². The van der Waals surface area contributed by atoms with Crippen LogP contribution < -0.4 is 5.73 Å². The predicted molar refractivity (Wildman–Crippen MR) is 49.7 cm³/mol. The van der Waals surface area contributed by atoms with Gasteiger partial charge in [0.2, 0.25) is 0 Å². The third-order valence-electron chi connectivity index (χ3n) is 1.65. The van der Waals surface area contributed by atoms with Crippen molar-refractivity contribution in [1.29, 1.82) is 0 Å². The summed E-state index contributed by atoms with van der Waals surface area (Å²) in [5, 5.41) is 0. The van der Waals surface area contributed by atoms with E-state index in [2.05, 4.69) is 6.58 Å². The first-order chi connectivity index (χ1) is 5.63. The van der Waals surface area contributed by atoms with Gasteiger partial charge in [0, 0.05) is 16.8 Å². The molecular formula is C10H11NO. The van der Waals surface area contributed by atoms with Crippen molar-refractivity contribution in [3.8, 4) is 0 Å². The lowest BCUT2D eigenvalue weighted by Gasteiger charge is -2.04. The Balaban J connectivity index is 3.27. The Morgan fingerprint density at radius 2 is 1.83 bits per heavy atom. The quantitative estimate of drug-likeness (QED) is 0.672.